The Morgan fingerprint density at radius 1 is 0.250 bits per heavy atom. The van der Waals surface area contributed by atoms with Crippen molar-refractivity contribution in [2.75, 3.05) is 0 Å². The molecule has 0 saturated heterocycles. The highest BCUT2D eigenvalue weighted by molar-refractivity contribution is 6.45. The van der Waals surface area contributed by atoms with E-state index in [1.165, 1.54) is 75.9 Å². The Kier molecular flexibility index (Phi) is 4.75. The molecule has 10 rings (SSSR count). The van der Waals surface area contributed by atoms with Gasteiger partial charge in [-0.25, -0.2) is 0 Å². The molecule has 0 amide bonds. The molecule has 2 heterocycles. The van der Waals surface area contributed by atoms with E-state index in [2.05, 4.69) is 167 Å². The van der Waals surface area contributed by atoms with Gasteiger partial charge in [-0.1, -0.05) is 121 Å². The molecule has 0 saturated carbocycles. The first-order valence-corrected chi connectivity index (χ1v) is 15.2. The Labute approximate surface area is 253 Å². The number of hydrogen-bond donors (Lipinski definition) is 0. The third kappa shape index (κ3) is 2.99. The number of rotatable bonds is 2. The Hall–Kier alpha value is -5.86. The van der Waals surface area contributed by atoms with Gasteiger partial charge in [0, 0.05) is 43.7 Å². The number of aromatic nitrogens is 2. The van der Waals surface area contributed by atoms with Crippen molar-refractivity contribution in [2.45, 2.75) is 0 Å². The first kappa shape index (κ1) is 23.7. The van der Waals surface area contributed by atoms with Crippen molar-refractivity contribution in [3.05, 3.63) is 158 Å². The molecule has 0 aliphatic rings. The van der Waals surface area contributed by atoms with Crippen molar-refractivity contribution >= 4 is 75.9 Å². The minimum Gasteiger partial charge on any atom is -0.307 e. The summed E-state index contributed by atoms with van der Waals surface area (Å²) in [5.74, 6) is 0. The van der Waals surface area contributed by atoms with Crippen LogP contribution in [0.3, 0.4) is 0 Å². The highest BCUT2D eigenvalue weighted by Gasteiger charge is 2.26. The summed E-state index contributed by atoms with van der Waals surface area (Å²) in [6, 6.07) is 57.5. The summed E-state index contributed by atoms with van der Waals surface area (Å²) in [7, 11) is 0. The predicted molar refractivity (Wildman–Crippen MR) is 188 cm³/mol. The number of benzene rings is 8. The fourth-order valence-electron chi connectivity index (χ4n) is 7.79. The van der Waals surface area contributed by atoms with E-state index in [1.54, 1.807) is 0 Å². The van der Waals surface area contributed by atoms with Crippen molar-refractivity contribution in [1.29, 1.82) is 0 Å². The lowest BCUT2D eigenvalue weighted by Crippen LogP contribution is -1.99. The Balaban J connectivity index is 1.67. The maximum Gasteiger partial charge on any atom is 0.0795 e. The number of nitrogens with zero attached hydrogens (tertiary/aromatic N) is 2. The lowest BCUT2D eigenvalue weighted by molar-refractivity contribution is 1.15. The molecule has 44 heavy (non-hydrogen) atoms. The van der Waals surface area contributed by atoms with Gasteiger partial charge in [-0.2, -0.15) is 0 Å². The van der Waals surface area contributed by atoms with Gasteiger partial charge in [0.1, 0.15) is 0 Å². The standard InChI is InChI=1S/C42H26N2/c1-3-15-27(16-4-1)43-35-25-13-11-23-33(35)39-37-31-21-9-7-19-29(31)30-20-8-10-22-32(30)38(37)40-34-24-12-14-26-36(34)44(42(40)41(39)43)28-17-5-2-6-18-28/h1-26H. The number of para-hydroxylation sites is 4. The predicted octanol–water partition coefficient (Wildman–Crippen LogP) is 11.3. The molecule has 0 fully saturated rings. The smallest absolute Gasteiger partial charge is 0.0795 e. The van der Waals surface area contributed by atoms with Gasteiger partial charge in [0.05, 0.1) is 22.1 Å². The molecule has 2 aromatic heterocycles. The fraction of sp³-hybridized carbons (Fsp3) is 0. The molecule has 8 aromatic carbocycles. The van der Waals surface area contributed by atoms with Crippen molar-refractivity contribution in [1.82, 2.24) is 9.13 Å². The van der Waals surface area contributed by atoms with Crippen LogP contribution in [0.2, 0.25) is 0 Å². The van der Waals surface area contributed by atoms with E-state index in [9.17, 15) is 0 Å². The fourth-order valence-corrected chi connectivity index (χ4v) is 7.79. The van der Waals surface area contributed by atoms with Gasteiger partial charge in [-0.15, -0.1) is 0 Å². The average molecular weight is 559 g/mol. The molecular formula is C42H26N2. The second kappa shape index (κ2) is 8.82. The number of hydrogen-bond acceptors (Lipinski definition) is 0. The van der Waals surface area contributed by atoms with Crippen LogP contribution in [0, 0.1) is 0 Å². The maximum atomic E-state index is 2.49. The highest BCUT2D eigenvalue weighted by Crippen LogP contribution is 2.50. The second-order valence-electron chi connectivity index (χ2n) is 11.7. The number of fused-ring (bicyclic) bond motifs is 15. The van der Waals surface area contributed by atoms with Gasteiger partial charge >= 0.3 is 0 Å². The summed E-state index contributed by atoms with van der Waals surface area (Å²) < 4.78 is 4.99. The molecule has 2 nitrogen and oxygen atoms in total. The first-order chi connectivity index (χ1) is 21.9. The summed E-state index contributed by atoms with van der Waals surface area (Å²) in [5.41, 5.74) is 7.22. The minimum absolute atomic E-state index is 1.16. The molecule has 10 aromatic rings. The SMILES string of the molecule is c1ccc(-n2c3ccccc3c3c4c5ccccc5c5ccccc5c4c4c5ccccc5n(-c5ccccc5)c4c32)cc1. The van der Waals surface area contributed by atoms with Crippen molar-refractivity contribution < 1.29 is 0 Å². The zero-order chi connectivity index (χ0) is 28.8. The van der Waals surface area contributed by atoms with Crippen LogP contribution in [-0.2, 0) is 0 Å². The van der Waals surface area contributed by atoms with Gasteiger partial charge in [0.25, 0.3) is 0 Å². The summed E-state index contributed by atoms with van der Waals surface area (Å²) in [4.78, 5) is 0. The lowest BCUT2D eigenvalue weighted by Gasteiger charge is -2.16. The quantitative estimate of drug-likeness (QED) is 0.187. The van der Waals surface area contributed by atoms with Crippen molar-refractivity contribution in [3.8, 4) is 11.4 Å². The average Bonchev–Trinajstić information content (AvgIpc) is 3.63. The molecule has 204 valence electrons. The Bertz CT molecular complexity index is 2550. The van der Waals surface area contributed by atoms with Crippen LogP contribution in [-0.4, -0.2) is 9.13 Å². The van der Waals surface area contributed by atoms with Crippen LogP contribution in [0.25, 0.3) is 87.3 Å². The first-order valence-electron chi connectivity index (χ1n) is 15.2. The summed E-state index contributed by atoms with van der Waals surface area (Å²) in [5, 5.41) is 12.9. The van der Waals surface area contributed by atoms with E-state index in [4.69, 9.17) is 0 Å². The van der Waals surface area contributed by atoms with E-state index in [0.29, 0.717) is 0 Å². The van der Waals surface area contributed by atoms with Crippen molar-refractivity contribution in [2.24, 2.45) is 0 Å². The molecule has 0 bridgehead atoms. The largest absolute Gasteiger partial charge is 0.307 e. The summed E-state index contributed by atoms with van der Waals surface area (Å²) >= 11 is 0. The highest BCUT2D eigenvalue weighted by atomic mass is 15.0. The molecular weight excluding hydrogens is 532 g/mol. The van der Waals surface area contributed by atoms with Gasteiger partial charge < -0.3 is 9.13 Å². The Morgan fingerprint density at radius 3 is 0.977 bits per heavy atom. The zero-order valence-electron chi connectivity index (χ0n) is 23.9. The van der Waals surface area contributed by atoms with Crippen LogP contribution < -0.4 is 0 Å². The molecule has 0 aliphatic carbocycles. The third-order valence-electron chi connectivity index (χ3n) is 9.44. The summed E-state index contributed by atoms with van der Waals surface area (Å²) in [6.07, 6.45) is 0. The van der Waals surface area contributed by atoms with E-state index in [-0.39, 0.29) is 0 Å². The summed E-state index contributed by atoms with van der Waals surface area (Å²) in [6.45, 7) is 0. The molecule has 0 aliphatic heterocycles. The van der Waals surface area contributed by atoms with Crippen LogP contribution in [0.5, 0.6) is 0 Å². The Morgan fingerprint density at radius 2 is 0.568 bits per heavy atom. The lowest BCUT2D eigenvalue weighted by atomic mass is 9.89. The van der Waals surface area contributed by atoms with E-state index >= 15 is 0 Å². The van der Waals surface area contributed by atoms with Gasteiger partial charge in [-0.3, -0.25) is 0 Å². The van der Waals surface area contributed by atoms with E-state index in [0.717, 1.165) is 11.4 Å². The molecule has 0 unspecified atom stereocenters. The van der Waals surface area contributed by atoms with Gasteiger partial charge in [-0.05, 0) is 57.9 Å². The molecule has 0 spiro atoms. The normalized spacial score (nSPS) is 12.1. The van der Waals surface area contributed by atoms with Crippen LogP contribution >= 0.6 is 0 Å². The van der Waals surface area contributed by atoms with E-state index < -0.39 is 0 Å². The minimum atomic E-state index is 1.16. The van der Waals surface area contributed by atoms with Crippen molar-refractivity contribution in [3.63, 3.8) is 0 Å². The molecule has 2 heteroatoms. The monoisotopic (exact) mass is 558 g/mol. The maximum absolute atomic E-state index is 2.49. The van der Waals surface area contributed by atoms with Crippen LogP contribution in [0.1, 0.15) is 0 Å². The van der Waals surface area contributed by atoms with Crippen LogP contribution in [0.15, 0.2) is 158 Å². The topological polar surface area (TPSA) is 9.86 Å². The molecule has 0 radical (unpaired) electrons. The molecule has 0 N–H and O–H groups in total. The van der Waals surface area contributed by atoms with Gasteiger partial charge in [0.2, 0.25) is 0 Å². The van der Waals surface area contributed by atoms with E-state index in [1.807, 2.05) is 0 Å². The molecule has 0 atom stereocenters. The third-order valence-corrected chi connectivity index (χ3v) is 9.44. The van der Waals surface area contributed by atoms with Gasteiger partial charge in [0.15, 0.2) is 0 Å². The second-order valence-corrected chi connectivity index (χ2v) is 11.7. The van der Waals surface area contributed by atoms with Crippen LogP contribution in [0.4, 0.5) is 0 Å². The zero-order valence-corrected chi connectivity index (χ0v) is 23.9.